The van der Waals surface area contributed by atoms with Gasteiger partial charge in [0.25, 0.3) is 5.91 Å². The summed E-state index contributed by atoms with van der Waals surface area (Å²) in [7, 11) is 0. The van der Waals surface area contributed by atoms with Crippen LogP contribution in [0.3, 0.4) is 0 Å². The molecule has 0 aliphatic carbocycles. The number of aliphatic carboxylic acids is 1. The average Bonchev–Trinajstić information content (AvgIpc) is 3.18. The van der Waals surface area contributed by atoms with Crippen LogP contribution < -0.4 is 10.4 Å². The van der Waals surface area contributed by atoms with Crippen molar-refractivity contribution in [1.82, 2.24) is 4.90 Å². The number of nitrogens with zero attached hydrogens (tertiary/aromatic N) is 1. The third-order valence-electron chi connectivity index (χ3n) is 5.61. The zero-order chi connectivity index (χ0) is 22.1. The molecule has 1 unspecified atom stereocenters. The molecule has 1 aromatic carbocycles. The number of rotatable bonds is 5. The van der Waals surface area contributed by atoms with Crippen LogP contribution >= 0.6 is 11.3 Å². The van der Waals surface area contributed by atoms with E-state index < -0.39 is 23.6 Å². The van der Waals surface area contributed by atoms with E-state index in [9.17, 15) is 19.5 Å². The third kappa shape index (κ3) is 4.34. The van der Waals surface area contributed by atoms with Gasteiger partial charge in [0.15, 0.2) is 6.10 Å². The van der Waals surface area contributed by atoms with E-state index in [1.165, 1.54) is 6.07 Å². The quantitative estimate of drug-likeness (QED) is 0.603. The summed E-state index contributed by atoms with van der Waals surface area (Å²) in [5, 5.41) is 12.0. The lowest BCUT2D eigenvalue weighted by molar-refractivity contribution is -0.147. The molecule has 1 aliphatic rings. The zero-order valence-electron chi connectivity index (χ0n) is 17.3. The number of aryl methyl sites for hydroxylation is 1. The monoisotopic (exact) mass is 441 g/mol. The molecule has 0 saturated carbocycles. The fraction of sp³-hybridized carbons (Fsp3) is 0.348. The lowest BCUT2D eigenvalue weighted by Crippen LogP contribution is -2.47. The van der Waals surface area contributed by atoms with Gasteiger partial charge in [0, 0.05) is 41.0 Å². The van der Waals surface area contributed by atoms with E-state index in [2.05, 4.69) is 0 Å². The maximum absolute atomic E-state index is 12.8. The van der Waals surface area contributed by atoms with E-state index in [1.807, 2.05) is 24.4 Å². The number of amides is 1. The standard InChI is InChI=1S/C23H23NO6S/c1-13(22(26)24-8-3-4-15(12-24)23(27)28)29-16-5-6-18-19(17-7-9-31-14(17)2)11-21(25)30-20(18)10-16/h5-7,9-11,13,15H,3-4,8,12H2,1-2H3,(H,27,28)/t13?,15-/m0/s1. The Balaban J connectivity index is 1.56. The third-order valence-corrected chi connectivity index (χ3v) is 6.45. The molecule has 7 nitrogen and oxygen atoms in total. The maximum atomic E-state index is 12.8. The van der Waals surface area contributed by atoms with Gasteiger partial charge in [-0.1, -0.05) is 0 Å². The molecular weight excluding hydrogens is 418 g/mol. The predicted molar refractivity (Wildman–Crippen MR) is 118 cm³/mol. The van der Waals surface area contributed by atoms with Gasteiger partial charge in [0.1, 0.15) is 11.3 Å². The molecule has 31 heavy (non-hydrogen) atoms. The van der Waals surface area contributed by atoms with Crippen molar-refractivity contribution in [1.29, 1.82) is 0 Å². The van der Waals surface area contributed by atoms with Crippen molar-refractivity contribution < 1.29 is 23.8 Å². The first-order valence-electron chi connectivity index (χ1n) is 10.1. The minimum atomic E-state index is -0.882. The topological polar surface area (TPSA) is 97.0 Å². The van der Waals surface area contributed by atoms with E-state index >= 15 is 0 Å². The van der Waals surface area contributed by atoms with Gasteiger partial charge in [-0.2, -0.15) is 0 Å². The Morgan fingerprint density at radius 3 is 2.77 bits per heavy atom. The number of carbonyl (C=O) groups is 2. The summed E-state index contributed by atoms with van der Waals surface area (Å²) in [6.45, 7) is 4.35. The van der Waals surface area contributed by atoms with Crippen molar-refractivity contribution in [3.8, 4) is 16.9 Å². The van der Waals surface area contributed by atoms with Crippen molar-refractivity contribution in [2.45, 2.75) is 32.8 Å². The predicted octanol–water partition coefficient (Wildman–Crippen LogP) is 3.92. The number of benzene rings is 1. The van der Waals surface area contributed by atoms with E-state index in [-0.39, 0.29) is 12.5 Å². The molecule has 1 aliphatic heterocycles. The van der Waals surface area contributed by atoms with Gasteiger partial charge in [-0.15, -0.1) is 11.3 Å². The summed E-state index contributed by atoms with van der Waals surface area (Å²) in [6, 6.07) is 8.63. The summed E-state index contributed by atoms with van der Waals surface area (Å²) < 4.78 is 11.2. The van der Waals surface area contributed by atoms with Crippen molar-refractivity contribution >= 4 is 34.2 Å². The molecule has 2 aromatic heterocycles. The first-order valence-corrected chi connectivity index (χ1v) is 11.0. The van der Waals surface area contributed by atoms with Crippen molar-refractivity contribution in [2.24, 2.45) is 5.92 Å². The fourth-order valence-electron chi connectivity index (χ4n) is 3.99. The first kappa shape index (κ1) is 21.1. The number of ether oxygens (including phenoxy) is 1. The number of likely N-dealkylation sites (tertiary alicyclic amines) is 1. The highest BCUT2D eigenvalue weighted by Gasteiger charge is 2.31. The Labute approximate surface area is 182 Å². The molecule has 3 aromatic rings. The minimum Gasteiger partial charge on any atom is -0.481 e. The summed E-state index contributed by atoms with van der Waals surface area (Å²) >= 11 is 1.61. The van der Waals surface area contributed by atoms with Gasteiger partial charge in [0.05, 0.1) is 5.92 Å². The second-order valence-electron chi connectivity index (χ2n) is 7.75. The van der Waals surface area contributed by atoms with Crippen LogP contribution in [0.5, 0.6) is 5.75 Å². The van der Waals surface area contributed by atoms with E-state index in [4.69, 9.17) is 9.15 Å². The molecule has 4 rings (SSSR count). The highest BCUT2D eigenvalue weighted by atomic mass is 32.1. The number of hydrogen-bond donors (Lipinski definition) is 1. The Bertz CT molecular complexity index is 1200. The largest absolute Gasteiger partial charge is 0.481 e. The van der Waals surface area contributed by atoms with Crippen molar-refractivity contribution in [3.05, 3.63) is 51.0 Å². The second kappa shape index (κ2) is 8.55. The van der Waals surface area contributed by atoms with Gasteiger partial charge >= 0.3 is 11.6 Å². The average molecular weight is 442 g/mol. The molecular formula is C23H23NO6S. The van der Waals surface area contributed by atoms with Crippen LogP contribution in [0.2, 0.25) is 0 Å². The number of carbonyl (C=O) groups excluding carboxylic acids is 1. The van der Waals surface area contributed by atoms with Gasteiger partial charge in [0.2, 0.25) is 0 Å². The number of piperidine rings is 1. The number of carboxylic acid groups (broad SMARTS) is 1. The molecule has 162 valence electrons. The van der Waals surface area contributed by atoms with Gasteiger partial charge in [-0.3, -0.25) is 9.59 Å². The highest BCUT2D eigenvalue weighted by molar-refractivity contribution is 7.10. The van der Waals surface area contributed by atoms with Crippen molar-refractivity contribution in [2.75, 3.05) is 13.1 Å². The molecule has 1 saturated heterocycles. The summed E-state index contributed by atoms with van der Waals surface area (Å²) in [6.07, 6.45) is 0.435. The molecule has 1 amide bonds. The van der Waals surface area contributed by atoms with Gasteiger partial charge in [-0.25, -0.2) is 4.79 Å². The SMILES string of the molecule is Cc1sccc1-c1cc(=O)oc2cc(OC(C)C(=O)N3CCC[C@H](C(=O)O)C3)ccc12. The Morgan fingerprint density at radius 2 is 2.06 bits per heavy atom. The van der Waals surface area contributed by atoms with Crippen LogP contribution in [0, 0.1) is 12.8 Å². The number of hydrogen-bond acceptors (Lipinski definition) is 6. The number of fused-ring (bicyclic) bond motifs is 1. The summed E-state index contributed by atoms with van der Waals surface area (Å²) in [4.78, 5) is 38.8. The Hall–Kier alpha value is -3.13. The summed E-state index contributed by atoms with van der Waals surface area (Å²) in [5.41, 5.74) is 1.71. The minimum absolute atomic E-state index is 0.192. The fourth-order valence-corrected chi connectivity index (χ4v) is 4.71. The molecule has 3 heterocycles. The molecule has 1 N–H and O–H groups in total. The summed E-state index contributed by atoms with van der Waals surface area (Å²) in [5.74, 6) is -1.27. The maximum Gasteiger partial charge on any atom is 0.336 e. The molecule has 0 radical (unpaired) electrons. The molecule has 0 spiro atoms. The molecule has 8 heteroatoms. The zero-order valence-corrected chi connectivity index (χ0v) is 18.1. The van der Waals surface area contributed by atoms with Crippen LogP contribution in [0.15, 0.2) is 44.9 Å². The van der Waals surface area contributed by atoms with Crippen LogP contribution in [0.1, 0.15) is 24.6 Å². The van der Waals surface area contributed by atoms with Crippen LogP contribution in [0.4, 0.5) is 0 Å². The van der Waals surface area contributed by atoms with Crippen LogP contribution in [0.25, 0.3) is 22.1 Å². The highest BCUT2D eigenvalue weighted by Crippen LogP contribution is 2.34. The van der Waals surface area contributed by atoms with Crippen molar-refractivity contribution in [3.63, 3.8) is 0 Å². The molecule has 2 atom stereocenters. The van der Waals surface area contributed by atoms with Crippen LogP contribution in [-0.4, -0.2) is 41.1 Å². The van der Waals surface area contributed by atoms with E-state index in [1.54, 1.807) is 35.3 Å². The number of carboxylic acids is 1. The van der Waals surface area contributed by atoms with E-state index in [0.29, 0.717) is 30.7 Å². The van der Waals surface area contributed by atoms with E-state index in [0.717, 1.165) is 21.4 Å². The normalized spacial score (nSPS) is 17.5. The van der Waals surface area contributed by atoms with Gasteiger partial charge in [-0.05, 0) is 55.8 Å². The second-order valence-corrected chi connectivity index (χ2v) is 8.87. The Kier molecular flexibility index (Phi) is 5.82. The Morgan fingerprint density at radius 1 is 1.26 bits per heavy atom. The number of thiophene rings is 1. The first-order chi connectivity index (χ1) is 14.8. The van der Waals surface area contributed by atoms with Crippen LogP contribution in [-0.2, 0) is 9.59 Å². The lowest BCUT2D eigenvalue weighted by Gasteiger charge is -2.32. The smallest absolute Gasteiger partial charge is 0.336 e. The molecule has 1 fully saturated rings. The molecule has 0 bridgehead atoms. The van der Waals surface area contributed by atoms with Gasteiger partial charge < -0.3 is 19.2 Å². The lowest BCUT2D eigenvalue weighted by atomic mass is 9.98.